The van der Waals surface area contributed by atoms with E-state index in [1.54, 1.807) is 13.8 Å². The normalized spacial score (nSPS) is 12.2. The van der Waals surface area contributed by atoms with Gasteiger partial charge in [-0.15, -0.1) is 0 Å². The Hall–Kier alpha value is 0.0800. The Morgan fingerprint density at radius 3 is 2.20 bits per heavy atom. The maximum absolute atomic E-state index is 12.7. The molecule has 0 saturated heterocycles. The van der Waals surface area contributed by atoms with Crippen LogP contribution < -0.4 is 5.73 Å². The van der Waals surface area contributed by atoms with Crippen LogP contribution in [-0.4, -0.2) is 30.3 Å². The molecule has 0 amide bonds. The van der Waals surface area contributed by atoms with Crippen LogP contribution >= 0.6 is 51.3 Å². The van der Waals surface area contributed by atoms with Crippen molar-refractivity contribution in [1.82, 2.24) is 4.31 Å². The molecule has 0 fully saturated rings. The van der Waals surface area contributed by atoms with Gasteiger partial charge in [-0.1, -0.05) is 51.3 Å². The molecule has 112 valence electrons. The summed E-state index contributed by atoms with van der Waals surface area (Å²) in [4.78, 5) is -0.0689. The van der Waals surface area contributed by atoms with Crippen LogP contribution in [0.4, 0.5) is 0 Å². The van der Waals surface area contributed by atoms with E-state index in [0.717, 1.165) is 4.31 Å². The fourth-order valence-corrected chi connectivity index (χ4v) is 5.31. The SMILES string of the molecule is CC(C)N(CC(N)=S)S(=O)(=O)c1c(Cl)cc(Br)cc1Cl. The van der Waals surface area contributed by atoms with Gasteiger partial charge in [-0.2, -0.15) is 4.31 Å². The van der Waals surface area contributed by atoms with Gasteiger partial charge < -0.3 is 5.73 Å². The van der Waals surface area contributed by atoms with Gasteiger partial charge in [0, 0.05) is 10.5 Å². The third-order valence-electron chi connectivity index (χ3n) is 2.42. The average molecular weight is 420 g/mol. The van der Waals surface area contributed by atoms with Gasteiger partial charge in [0.25, 0.3) is 0 Å². The monoisotopic (exact) mass is 418 g/mol. The van der Waals surface area contributed by atoms with Crippen molar-refractivity contribution in [3.63, 3.8) is 0 Å². The molecule has 1 aromatic rings. The van der Waals surface area contributed by atoms with E-state index in [2.05, 4.69) is 15.9 Å². The second-order valence-corrected chi connectivity index (χ2v) is 8.39. The van der Waals surface area contributed by atoms with Gasteiger partial charge in [0.1, 0.15) is 4.90 Å². The first-order valence-corrected chi connectivity index (χ1v) is 8.91. The van der Waals surface area contributed by atoms with Crippen molar-refractivity contribution in [1.29, 1.82) is 0 Å². The third kappa shape index (κ3) is 4.05. The summed E-state index contributed by atoms with van der Waals surface area (Å²) < 4.78 is 27.1. The van der Waals surface area contributed by atoms with Crippen LogP contribution in [0.2, 0.25) is 10.0 Å². The Morgan fingerprint density at radius 2 is 1.85 bits per heavy atom. The summed E-state index contributed by atoms with van der Waals surface area (Å²) >= 11 is 20.0. The molecule has 0 bridgehead atoms. The zero-order valence-electron chi connectivity index (χ0n) is 10.7. The number of nitrogens with two attached hydrogens (primary N) is 1. The first-order chi connectivity index (χ1) is 9.07. The second kappa shape index (κ2) is 6.89. The quantitative estimate of drug-likeness (QED) is 0.742. The number of hydrogen-bond donors (Lipinski definition) is 1. The van der Waals surface area contributed by atoms with E-state index in [1.807, 2.05) is 0 Å². The molecule has 9 heteroatoms. The van der Waals surface area contributed by atoms with Crippen LogP contribution in [0.25, 0.3) is 0 Å². The number of halogens is 3. The summed E-state index contributed by atoms with van der Waals surface area (Å²) in [7, 11) is -3.89. The predicted octanol–water partition coefficient (Wildman–Crippen LogP) is 3.44. The van der Waals surface area contributed by atoms with Gasteiger partial charge >= 0.3 is 0 Å². The molecule has 0 unspecified atom stereocenters. The second-order valence-electron chi connectivity index (χ2n) is 4.31. The van der Waals surface area contributed by atoms with Gasteiger partial charge in [0.2, 0.25) is 10.0 Å². The molecular formula is C11H13BrCl2N2O2S2. The van der Waals surface area contributed by atoms with Crippen LogP contribution in [0.3, 0.4) is 0 Å². The Bertz CT molecular complexity index is 612. The van der Waals surface area contributed by atoms with Crippen molar-refractivity contribution >= 4 is 66.4 Å². The Labute approximate surface area is 142 Å². The van der Waals surface area contributed by atoms with Crippen molar-refractivity contribution in [2.24, 2.45) is 5.73 Å². The molecule has 0 atom stereocenters. The minimum Gasteiger partial charge on any atom is -0.392 e. The number of thiocarbonyl (C=S) groups is 1. The molecule has 0 aliphatic heterocycles. The highest BCUT2D eigenvalue weighted by molar-refractivity contribution is 9.10. The zero-order chi connectivity index (χ0) is 15.7. The maximum Gasteiger partial charge on any atom is 0.246 e. The third-order valence-corrected chi connectivity index (χ3v) is 5.95. The number of sulfonamides is 1. The Balaban J connectivity index is 3.45. The molecule has 2 N–H and O–H groups in total. The highest BCUT2D eigenvalue weighted by Crippen LogP contribution is 2.35. The molecule has 20 heavy (non-hydrogen) atoms. The summed E-state index contributed by atoms with van der Waals surface area (Å²) in [5.41, 5.74) is 5.46. The summed E-state index contributed by atoms with van der Waals surface area (Å²) in [5, 5.41) is 0.0796. The average Bonchev–Trinajstić information content (AvgIpc) is 2.22. The molecule has 0 aromatic heterocycles. The van der Waals surface area contributed by atoms with E-state index in [-0.39, 0.29) is 32.5 Å². The lowest BCUT2D eigenvalue weighted by atomic mass is 10.4. The number of rotatable bonds is 5. The largest absolute Gasteiger partial charge is 0.392 e. The molecule has 0 heterocycles. The van der Waals surface area contributed by atoms with Crippen molar-refractivity contribution in [2.45, 2.75) is 24.8 Å². The lowest BCUT2D eigenvalue weighted by molar-refractivity contribution is 0.391. The van der Waals surface area contributed by atoms with Crippen LogP contribution in [0, 0.1) is 0 Å². The lowest BCUT2D eigenvalue weighted by Crippen LogP contribution is -2.42. The summed E-state index contributed by atoms with van der Waals surface area (Å²) in [6.07, 6.45) is 0. The minimum atomic E-state index is -3.89. The summed E-state index contributed by atoms with van der Waals surface area (Å²) in [5.74, 6) is 0. The maximum atomic E-state index is 12.7. The first-order valence-electron chi connectivity index (χ1n) is 5.52. The number of hydrogen-bond acceptors (Lipinski definition) is 3. The molecule has 0 aliphatic rings. The summed E-state index contributed by atoms with van der Waals surface area (Å²) in [6.45, 7) is 3.37. The smallest absolute Gasteiger partial charge is 0.246 e. The minimum absolute atomic E-state index is 0.0398. The Morgan fingerprint density at radius 1 is 1.40 bits per heavy atom. The van der Waals surface area contributed by atoms with E-state index < -0.39 is 10.0 Å². The van der Waals surface area contributed by atoms with Gasteiger partial charge in [-0.25, -0.2) is 8.42 Å². The molecule has 0 radical (unpaired) electrons. The van der Waals surface area contributed by atoms with Crippen molar-refractivity contribution in [2.75, 3.05) is 6.54 Å². The van der Waals surface area contributed by atoms with E-state index in [0.29, 0.717) is 4.47 Å². The fraction of sp³-hybridized carbons (Fsp3) is 0.364. The molecule has 1 rings (SSSR count). The highest BCUT2D eigenvalue weighted by atomic mass is 79.9. The van der Waals surface area contributed by atoms with E-state index in [4.69, 9.17) is 41.2 Å². The molecule has 0 aliphatic carbocycles. The van der Waals surface area contributed by atoms with E-state index in [1.165, 1.54) is 12.1 Å². The van der Waals surface area contributed by atoms with Gasteiger partial charge in [0.05, 0.1) is 21.6 Å². The first kappa shape index (κ1) is 18.1. The Kier molecular flexibility index (Phi) is 6.25. The summed E-state index contributed by atoms with van der Waals surface area (Å²) in [6, 6.07) is 2.61. The van der Waals surface area contributed by atoms with Crippen LogP contribution in [0.15, 0.2) is 21.5 Å². The molecule has 4 nitrogen and oxygen atoms in total. The van der Waals surface area contributed by atoms with Crippen molar-refractivity contribution in [3.05, 3.63) is 26.7 Å². The molecular weight excluding hydrogens is 407 g/mol. The van der Waals surface area contributed by atoms with Gasteiger partial charge in [-0.05, 0) is 26.0 Å². The fourth-order valence-electron chi connectivity index (χ4n) is 1.59. The topological polar surface area (TPSA) is 63.4 Å². The van der Waals surface area contributed by atoms with Crippen molar-refractivity contribution in [3.8, 4) is 0 Å². The lowest BCUT2D eigenvalue weighted by Gasteiger charge is -2.26. The van der Waals surface area contributed by atoms with E-state index >= 15 is 0 Å². The number of benzene rings is 1. The van der Waals surface area contributed by atoms with Gasteiger partial charge in [-0.3, -0.25) is 0 Å². The van der Waals surface area contributed by atoms with Gasteiger partial charge in [0.15, 0.2) is 0 Å². The predicted molar refractivity (Wildman–Crippen MR) is 90.0 cm³/mol. The standard InChI is InChI=1S/C11H13BrCl2N2O2S2/c1-6(2)16(5-10(15)19)20(17,18)11-8(13)3-7(12)4-9(11)14/h3-4,6H,5H2,1-2H3,(H2,15,19). The van der Waals surface area contributed by atoms with Crippen LogP contribution in [0.5, 0.6) is 0 Å². The van der Waals surface area contributed by atoms with Crippen molar-refractivity contribution < 1.29 is 8.42 Å². The van der Waals surface area contributed by atoms with Crippen LogP contribution in [-0.2, 0) is 10.0 Å². The molecule has 1 aromatic carbocycles. The molecule has 0 saturated carbocycles. The zero-order valence-corrected chi connectivity index (χ0v) is 15.5. The highest BCUT2D eigenvalue weighted by Gasteiger charge is 2.31. The van der Waals surface area contributed by atoms with E-state index in [9.17, 15) is 8.42 Å². The number of nitrogens with zero attached hydrogens (tertiary/aromatic N) is 1. The van der Waals surface area contributed by atoms with Crippen LogP contribution in [0.1, 0.15) is 13.8 Å². The molecule has 0 spiro atoms.